The van der Waals surface area contributed by atoms with Crippen molar-refractivity contribution in [3.05, 3.63) is 20.8 Å². The molecule has 1 N–H and O–H groups in total. The van der Waals surface area contributed by atoms with E-state index in [0.29, 0.717) is 9.35 Å². The maximum atomic E-state index is 12.4. The molecule has 1 saturated carbocycles. The standard InChI is InChI=1S/C14H18BrNO4S/c1-14(2,3)20-13(19)16(8-4-5-8)10(12(17)18)11-9(15)6-7-21-11/h6-8,10H,4-5H2,1-3H3,(H,17,18). The molecular formula is C14H18BrNO4S. The number of rotatable bonds is 4. The van der Waals surface area contributed by atoms with E-state index in [4.69, 9.17) is 4.74 Å². The lowest BCUT2D eigenvalue weighted by molar-refractivity contribution is -0.143. The quantitative estimate of drug-likeness (QED) is 0.862. The molecule has 1 fully saturated rings. The maximum Gasteiger partial charge on any atom is 0.411 e. The van der Waals surface area contributed by atoms with E-state index in [9.17, 15) is 14.7 Å². The van der Waals surface area contributed by atoms with Gasteiger partial charge >= 0.3 is 12.1 Å². The molecule has 1 atom stereocenters. The van der Waals surface area contributed by atoms with Crippen molar-refractivity contribution in [1.29, 1.82) is 0 Å². The van der Waals surface area contributed by atoms with E-state index in [0.717, 1.165) is 12.8 Å². The zero-order chi connectivity index (χ0) is 15.8. The predicted molar refractivity (Wildman–Crippen MR) is 83.5 cm³/mol. The van der Waals surface area contributed by atoms with Crippen LogP contribution >= 0.6 is 27.3 Å². The average Bonchev–Trinajstić information content (AvgIpc) is 3.06. The van der Waals surface area contributed by atoms with E-state index in [1.165, 1.54) is 16.2 Å². The third kappa shape index (κ3) is 3.97. The topological polar surface area (TPSA) is 66.8 Å². The van der Waals surface area contributed by atoms with Crippen LogP contribution in [-0.2, 0) is 9.53 Å². The molecule has 2 rings (SSSR count). The van der Waals surface area contributed by atoms with Gasteiger partial charge in [0.25, 0.3) is 0 Å². The van der Waals surface area contributed by atoms with Gasteiger partial charge in [-0.15, -0.1) is 11.3 Å². The van der Waals surface area contributed by atoms with Crippen molar-refractivity contribution in [2.45, 2.75) is 51.3 Å². The second kappa shape index (κ2) is 5.96. The van der Waals surface area contributed by atoms with Crippen LogP contribution in [0.25, 0.3) is 0 Å². The van der Waals surface area contributed by atoms with Gasteiger partial charge in [-0.1, -0.05) is 0 Å². The second-order valence-corrected chi connectivity index (χ2v) is 7.79. The summed E-state index contributed by atoms with van der Waals surface area (Å²) in [5.74, 6) is -1.05. The van der Waals surface area contributed by atoms with Crippen molar-refractivity contribution in [2.75, 3.05) is 0 Å². The molecule has 1 unspecified atom stereocenters. The number of amides is 1. The highest BCUT2D eigenvalue weighted by Crippen LogP contribution is 2.40. The summed E-state index contributed by atoms with van der Waals surface area (Å²) >= 11 is 4.67. The van der Waals surface area contributed by atoms with Crippen LogP contribution in [0.1, 0.15) is 44.5 Å². The molecule has 1 aromatic heterocycles. The van der Waals surface area contributed by atoms with Gasteiger partial charge in [-0.2, -0.15) is 0 Å². The van der Waals surface area contributed by atoms with Gasteiger partial charge in [0, 0.05) is 10.5 Å². The van der Waals surface area contributed by atoms with Gasteiger partial charge in [0.1, 0.15) is 5.60 Å². The highest BCUT2D eigenvalue weighted by Gasteiger charge is 2.44. The molecule has 0 aromatic carbocycles. The molecule has 0 saturated heterocycles. The Morgan fingerprint density at radius 2 is 2.10 bits per heavy atom. The largest absolute Gasteiger partial charge is 0.479 e. The molecule has 1 aliphatic rings. The number of carboxylic acids is 1. The minimum absolute atomic E-state index is 0.0602. The van der Waals surface area contributed by atoms with Crippen LogP contribution in [0.3, 0.4) is 0 Å². The predicted octanol–water partition coefficient (Wildman–Crippen LogP) is 4.04. The van der Waals surface area contributed by atoms with E-state index in [-0.39, 0.29) is 6.04 Å². The summed E-state index contributed by atoms with van der Waals surface area (Å²) in [6.45, 7) is 5.31. The second-order valence-electron chi connectivity index (χ2n) is 5.99. The van der Waals surface area contributed by atoms with Crippen molar-refractivity contribution < 1.29 is 19.4 Å². The Bertz CT molecular complexity index is 547. The highest BCUT2D eigenvalue weighted by molar-refractivity contribution is 9.10. The number of hydrogen-bond donors (Lipinski definition) is 1. The van der Waals surface area contributed by atoms with Gasteiger partial charge in [-0.25, -0.2) is 9.59 Å². The first-order valence-electron chi connectivity index (χ1n) is 6.67. The Kier molecular flexibility index (Phi) is 4.63. The molecule has 1 aromatic rings. The molecule has 5 nitrogen and oxygen atoms in total. The van der Waals surface area contributed by atoms with E-state index in [1.807, 2.05) is 0 Å². The Balaban J connectivity index is 2.32. The maximum absolute atomic E-state index is 12.4. The molecule has 0 radical (unpaired) electrons. The fourth-order valence-corrected chi connectivity index (χ4v) is 3.67. The summed E-state index contributed by atoms with van der Waals surface area (Å²) in [4.78, 5) is 26.1. The summed E-state index contributed by atoms with van der Waals surface area (Å²) in [5, 5.41) is 11.4. The van der Waals surface area contributed by atoms with E-state index in [2.05, 4.69) is 15.9 Å². The molecular weight excluding hydrogens is 358 g/mol. The Labute approximate surface area is 136 Å². The van der Waals surface area contributed by atoms with Crippen molar-refractivity contribution in [3.63, 3.8) is 0 Å². The molecule has 0 spiro atoms. The first kappa shape index (κ1) is 16.3. The summed E-state index contributed by atoms with van der Waals surface area (Å²) in [7, 11) is 0. The van der Waals surface area contributed by atoms with Gasteiger partial charge in [0.15, 0.2) is 6.04 Å². The highest BCUT2D eigenvalue weighted by atomic mass is 79.9. The van der Waals surface area contributed by atoms with Crippen LogP contribution in [0, 0.1) is 0 Å². The van der Waals surface area contributed by atoms with Gasteiger partial charge in [-0.05, 0) is 61.0 Å². The minimum atomic E-state index is -1.05. The fourth-order valence-electron chi connectivity index (χ4n) is 1.99. The molecule has 0 aliphatic heterocycles. The number of ether oxygens (including phenoxy) is 1. The summed E-state index contributed by atoms with van der Waals surface area (Å²) in [6.07, 6.45) is 1.05. The number of carbonyl (C=O) groups excluding carboxylic acids is 1. The van der Waals surface area contributed by atoms with Gasteiger partial charge in [-0.3, -0.25) is 4.90 Å². The molecule has 116 valence electrons. The number of carbonyl (C=O) groups is 2. The number of thiophene rings is 1. The van der Waals surface area contributed by atoms with Crippen molar-refractivity contribution in [2.24, 2.45) is 0 Å². The van der Waals surface area contributed by atoms with Gasteiger partial charge in [0.05, 0.1) is 4.88 Å². The molecule has 0 bridgehead atoms. The lowest BCUT2D eigenvalue weighted by Crippen LogP contribution is -2.43. The van der Waals surface area contributed by atoms with Crippen LogP contribution in [-0.4, -0.2) is 33.7 Å². The van der Waals surface area contributed by atoms with Gasteiger partial charge < -0.3 is 9.84 Å². The number of carboxylic acid groups (broad SMARTS) is 1. The van der Waals surface area contributed by atoms with Crippen LogP contribution in [0.15, 0.2) is 15.9 Å². The number of halogens is 1. The number of nitrogens with zero attached hydrogens (tertiary/aromatic N) is 1. The SMILES string of the molecule is CC(C)(C)OC(=O)N(C1CC1)C(C(=O)O)c1sccc1Br. The zero-order valence-electron chi connectivity index (χ0n) is 12.1. The molecule has 1 aliphatic carbocycles. The molecule has 21 heavy (non-hydrogen) atoms. The Morgan fingerprint density at radius 1 is 1.48 bits per heavy atom. The van der Waals surface area contributed by atoms with Crippen molar-refractivity contribution in [1.82, 2.24) is 4.90 Å². The third-order valence-corrected chi connectivity index (χ3v) is 4.87. The first-order chi connectivity index (χ1) is 9.70. The van der Waals surface area contributed by atoms with Crippen LogP contribution in [0.2, 0.25) is 0 Å². The molecule has 1 amide bonds. The van der Waals surface area contributed by atoms with Crippen LogP contribution in [0.4, 0.5) is 4.79 Å². The van der Waals surface area contributed by atoms with Crippen LogP contribution in [0.5, 0.6) is 0 Å². The Hall–Kier alpha value is -1.08. The summed E-state index contributed by atoms with van der Waals surface area (Å²) in [6, 6.07) is 0.715. The lowest BCUT2D eigenvalue weighted by atomic mass is 10.2. The number of hydrogen-bond acceptors (Lipinski definition) is 4. The van der Waals surface area contributed by atoms with E-state index >= 15 is 0 Å². The third-order valence-electron chi connectivity index (χ3n) is 2.95. The molecule has 7 heteroatoms. The summed E-state index contributed by atoms with van der Waals surface area (Å²) in [5.41, 5.74) is -0.653. The van der Waals surface area contributed by atoms with E-state index < -0.39 is 23.7 Å². The van der Waals surface area contributed by atoms with Crippen molar-refractivity contribution in [3.8, 4) is 0 Å². The normalized spacial score (nSPS) is 16.4. The number of aliphatic carboxylic acids is 1. The van der Waals surface area contributed by atoms with E-state index in [1.54, 1.807) is 32.2 Å². The average molecular weight is 376 g/mol. The smallest absolute Gasteiger partial charge is 0.411 e. The Morgan fingerprint density at radius 3 is 2.48 bits per heavy atom. The monoisotopic (exact) mass is 375 g/mol. The molecule has 1 heterocycles. The lowest BCUT2D eigenvalue weighted by Gasteiger charge is -2.31. The minimum Gasteiger partial charge on any atom is -0.479 e. The first-order valence-corrected chi connectivity index (χ1v) is 8.35. The van der Waals surface area contributed by atoms with Crippen LogP contribution < -0.4 is 0 Å². The zero-order valence-corrected chi connectivity index (χ0v) is 14.5. The summed E-state index contributed by atoms with van der Waals surface area (Å²) < 4.78 is 6.09. The van der Waals surface area contributed by atoms with Crippen molar-refractivity contribution >= 4 is 39.3 Å². The van der Waals surface area contributed by atoms with Gasteiger partial charge in [0.2, 0.25) is 0 Å². The fraction of sp³-hybridized carbons (Fsp3) is 0.571.